The molecule has 0 heterocycles. The highest BCUT2D eigenvalue weighted by Crippen LogP contribution is 2.39. The molecule has 0 aliphatic heterocycles. The van der Waals surface area contributed by atoms with Crippen LogP contribution in [0, 0.1) is 20.2 Å². The van der Waals surface area contributed by atoms with Gasteiger partial charge in [-0.3, -0.25) is 20.2 Å². The molecule has 26 heavy (non-hydrogen) atoms. The van der Waals surface area contributed by atoms with Gasteiger partial charge in [-0.1, -0.05) is 50.6 Å². The minimum atomic E-state index is -0.582. The van der Waals surface area contributed by atoms with Gasteiger partial charge in [0, 0.05) is 11.6 Å². The average Bonchev–Trinajstić information content (AvgIpc) is 2.61. The van der Waals surface area contributed by atoms with Crippen LogP contribution >= 0.6 is 0 Å². The van der Waals surface area contributed by atoms with Crippen LogP contribution < -0.4 is 5.32 Å². The number of nitro groups is 2. The smallest absolute Gasteiger partial charge is 0.299 e. The molecule has 0 aromatic heterocycles. The Balaban J connectivity index is 2.50. The normalized spacial score (nSPS) is 13.0. The van der Waals surface area contributed by atoms with Crippen molar-refractivity contribution >= 4 is 17.1 Å². The number of benzene rings is 2. The van der Waals surface area contributed by atoms with Crippen molar-refractivity contribution in [1.82, 2.24) is 0 Å². The zero-order valence-electron chi connectivity index (χ0n) is 15.1. The van der Waals surface area contributed by atoms with E-state index < -0.39 is 9.85 Å². The van der Waals surface area contributed by atoms with E-state index in [-0.39, 0.29) is 23.3 Å². The lowest BCUT2D eigenvalue weighted by Gasteiger charge is -2.18. The molecule has 2 rings (SSSR count). The van der Waals surface area contributed by atoms with E-state index in [1.54, 1.807) is 6.07 Å². The zero-order chi connectivity index (χ0) is 19.3. The van der Waals surface area contributed by atoms with Crippen molar-refractivity contribution in [2.24, 2.45) is 0 Å². The van der Waals surface area contributed by atoms with Gasteiger partial charge in [0.1, 0.15) is 5.69 Å². The fourth-order valence-electron chi connectivity index (χ4n) is 3.06. The second kappa shape index (κ2) is 8.42. The molecule has 2 aromatic rings. The summed E-state index contributed by atoms with van der Waals surface area (Å²) in [4.78, 5) is 21.8. The predicted octanol–water partition coefficient (Wildman–Crippen LogP) is 5.58. The van der Waals surface area contributed by atoms with Crippen molar-refractivity contribution in [1.29, 1.82) is 0 Å². The highest BCUT2D eigenvalue weighted by Gasteiger charge is 2.27. The molecule has 2 atom stereocenters. The van der Waals surface area contributed by atoms with Gasteiger partial charge in [0.05, 0.1) is 15.9 Å². The quantitative estimate of drug-likeness (QED) is 0.491. The molecule has 0 bridgehead atoms. The Bertz CT molecular complexity index is 793. The Hall–Kier alpha value is -2.96. The van der Waals surface area contributed by atoms with Gasteiger partial charge in [-0.05, 0) is 30.9 Å². The molecule has 0 amide bonds. The lowest BCUT2D eigenvalue weighted by molar-refractivity contribution is -0.394. The highest BCUT2D eigenvalue weighted by atomic mass is 16.6. The van der Waals surface area contributed by atoms with Gasteiger partial charge in [0.25, 0.3) is 11.4 Å². The van der Waals surface area contributed by atoms with Gasteiger partial charge in [-0.25, -0.2) is 0 Å². The van der Waals surface area contributed by atoms with E-state index in [2.05, 4.69) is 5.32 Å². The van der Waals surface area contributed by atoms with E-state index in [1.165, 1.54) is 0 Å². The number of rotatable bonds is 8. The average molecular weight is 357 g/mol. The van der Waals surface area contributed by atoms with E-state index >= 15 is 0 Å². The third kappa shape index (κ3) is 4.36. The van der Waals surface area contributed by atoms with Crippen LogP contribution in [0.15, 0.2) is 42.5 Å². The van der Waals surface area contributed by atoms with E-state index in [9.17, 15) is 20.2 Å². The molecule has 0 aliphatic carbocycles. The van der Waals surface area contributed by atoms with Crippen LogP contribution in [0.1, 0.15) is 56.7 Å². The van der Waals surface area contributed by atoms with Gasteiger partial charge in [0.15, 0.2) is 0 Å². The fourth-order valence-corrected chi connectivity index (χ4v) is 3.06. The van der Waals surface area contributed by atoms with Gasteiger partial charge in [-0.2, -0.15) is 0 Å². The maximum atomic E-state index is 11.5. The summed E-state index contributed by atoms with van der Waals surface area (Å²) in [5, 5.41) is 26.0. The lowest BCUT2D eigenvalue weighted by atomic mass is 9.93. The minimum absolute atomic E-state index is 0.0613. The molecule has 138 valence electrons. The molecule has 0 fully saturated rings. The summed E-state index contributed by atoms with van der Waals surface area (Å²) in [6.07, 6.45) is 1.64. The number of anilines is 1. The van der Waals surface area contributed by atoms with Crippen LogP contribution in [0.25, 0.3) is 0 Å². The van der Waals surface area contributed by atoms with E-state index in [0.29, 0.717) is 11.3 Å². The molecular weight excluding hydrogens is 334 g/mol. The summed E-state index contributed by atoms with van der Waals surface area (Å²) in [6.45, 7) is 5.81. The zero-order valence-corrected chi connectivity index (χ0v) is 15.1. The topological polar surface area (TPSA) is 98.3 Å². The van der Waals surface area contributed by atoms with Crippen molar-refractivity contribution in [3.05, 3.63) is 73.8 Å². The monoisotopic (exact) mass is 357 g/mol. The number of nitrogens with one attached hydrogen (secondary N) is 1. The van der Waals surface area contributed by atoms with Gasteiger partial charge < -0.3 is 5.32 Å². The standard InChI is InChI=1S/C19H23N3O4/c1-4-8-13(2)16-11-17(19(22(25)26)12-18(16)21(23)24)20-14(3)15-9-6-5-7-10-15/h5-7,9-14,20H,4,8H2,1-3H3/t13-,14-/m0/s1. The first-order valence-corrected chi connectivity index (χ1v) is 8.63. The van der Waals surface area contributed by atoms with Gasteiger partial charge in [0.2, 0.25) is 0 Å². The molecule has 0 aliphatic rings. The molecule has 2 aromatic carbocycles. The number of nitrogens with zero attached hydrogens (tertiary/aromatic N) is 2. The summed E-state index contributed by atoms with van der Waals surface area (Å²) in [7, 11) is 0. The Morgan fingerprint density at radius 2 is 1.62 bits per heavy atom. The van der Waals surface area contributed by atoms with Gasteiger partial charge >= 0.3 is 0 Å². The third-order valence-corrected chi connectivity index (χ3v) is 4.46. The molecule has 1 N–H and O–H groups in total. The number of hydrogen-bond acceptors (Lipinski definition) is 5. The Kier molecular flexibility index (Phi) is 6.27. The number of nitro benzene ring substituents is 2. The number of hydrogen-bond donors (Lipinski definition) is 1. The van der Waals surface area contributed by atoms with Crippen LogP contribution in [0.3, 0.4) is 0 Å². The third-order valence-electron chi connectivity index (χ3n) is 4.46. The SMILES string of the molecule is CCC[C@H](C)c1cc(N[C@@H](C)c2ccccc2)c([N+](=O)[O-])cc1[N+](=O)[O-]. The summed E-state index contributed by atoms with van der Waals surface area (Å²) in [5.41, 5.74) is 1.31. The molecule has 0 unspecified atom stereocenters. The van der Waals surface area contributed by atoms with Crippen molar-refractivity contribution in [2.75, 3.05) is 5.32 Å². The fraction of sp³-hybridized carbons (Fsp3) is 0.368. The first-order chi connectivity index (χ1) is 12.3. The van der Waals surface area contributed by atoms with Crippen LogP contribution in [0.5, 0.6) is 0 Å². The maximum Gasteiger partial charge on any atom is 0.299 e. The van der Waals surface area contributed by atoms with Crippen LogP contribution in [0.4, 0.5) is 17.1 Å². The summed E-state index contributed by atoms with van der Waals surface area (Å²) in [5.74, 6) is -0.0613. The van der Waals surface area contributed by atoms with Gasteiger partial charge in [-0.15, -0.1) is 0 Å². The Morgan fingerprint density at radius 1 is 1.00 bits per heavy atom. The molecule has 0 spiro atoms. The molecule has 7 heteroatoms. The molecule has 0 saturated carbocycles. The van der Waals surface area contributed by atoms with E-state index in [4.69, 9.17) is 0 Å². The largest absolute Gasteiger partial charge is 0.373 e. The van der Waals surface area contributed by atoms with Crippen LogP contribution in [-0.2, 0) is 0 Å². The van der Waals surface area contributed by atoms with E-state index in [1.807, 2.05) is 51.1 Å². The molecule has 7 nitrogen and oxygen atoms in total. The summed E-state index contributed by atoms with van der Waals surface area (Å²) < 4.78 is 0. The van der Waals surface area contributed by atoms with Crippen molar-refractivity contribution < 1.29 is 9.85 Å². The summed E-state index contributed by atoms with van der Waals surface area (Å²) in [6, 6.07) is 12.0. The van der Waals surface area contributed by atoms with E-state index in [0.717, 1.165) is 24.5 Å². The molecule has 0 radical (unpaired) electrons. The maximum absolute atomic E-state index is 11.5. The van der Waals surface area contributed by atoms with Crippen LogP contribution in [-0.4, -0.2) is 9.85 Å². The first-order valence-electron chi connectivity index (χ1n) is 8.63. The summed E-state index contributed by atoms with van der Waals surface area (Å²) >= 11 is 0. The minimum Gasteiger partial charge on any atom is -0.373 e. The second-order valence-corrected chi connectivity index (χ2v) is 6.41. The van der Waals surface area contributed by atoms with Crippen molar-refractivity contribution in [2.45, 2.75) is 45.6 Å². The highest BCUT2D eigenvalue weighted by molar-refractivity contribution is 5.69. The Labute approximate surface area is 152 Å². The first kappa shape index (κ1) is 19.4. The predicted molar refractivity (Wildman–Crippen MR) is 102 cm³/mol. The van der Waals surface area contributed by atoms with Crippen LogP contribution in [0.2, 0.25) is 0 Å². The van der Waals surface area contributed by atoms with Crippen molar-refractivity contribution in [3.63, 3.8) is 0 Å². The second-order valence-electron chi connectivity index (χ2n) is 6.41. The van der Waals surface area contributed by atoms with Crippen molar-refractivity contribution in [3.8, 4) is 0 Å². The molecular formula is C19H23N3O4. The Morgan fingerprint density at radius 3 is 2.15 bits per heavy atom. The molecule has 0 saturated heterocycles. The lowest BCUT2D eigenvalue weighted by Crippen LogP contribution is -2.10.